The number of halogens is 2. The first-order chi connectivity index (χ1) is 7.70. The lowest BCUT2D eigenvalue weighted by Gasteiger charge is -2.12. The molecular formula is C12H9BrFNO. The lowest BCUT2D eigenvalue weighted by Crippen LogP contribution is -2.03. The average molecular weight is 282 g/mol. The normalized spacial score (nSPS) is 12.4. The van der Waals surface area contributed by atoms with Gasteiger partial charge in [-0.3, -0.25) is 0 Å². The SMILES string of the molecule is OC(c1ccccc1)c1ccnc(Br)c1F. The van der Waals surface area contributed by atoms with E-state index >= 15 is 0 Å². The Kier molecular flexibility index (Phi) is 3.31. The first-order valence-electron chi connectivity index (χ1n) is 4.73. The minimum atomic E-state index is -0.972. The van der Waals surface area contributed by atoms with Gasteiger partial charge in [-0.1, -0.05) is 30.3 Å². The quantitative estimate of drug-likeness (QED) is 0.859. The molecule has 2 rings (SSSR count). The van der Waals surface area contributed by atoms with Crippen molar-refractivity contribution in [3.63, 3.8) is 0 Å². The Morgan fingerprint density at radius 3 is 2.56 bits per heavy atom. The molecule has 0 bridgehead atoms. The smallest absolute Gasteiger partial charge is 0.162 e. The molecule has 0 aliphatic rings. The summed E-state index contributed by atoms with van der Waals surface area (Å²) in [5.74, 6) is -0.529. The van der Waals surface area contributed by atoms with E-state index in [2.05, 4.69) is 20.9 Å². The van der Waals surface area contributed by atoms with Crippen LogP contribution < -0.4 is 0 Å². The van der Waals surface area contributed by atoms with Crippen molar-refractivity contribution >= 4 is 15.9 Å². The maximum atomic E-state index is 13.7. The second-order valence-electron chi connectivity index (χ2n) is 3.32. The number of nitrogens with zero attached hydrogens (tertiary/aromatic N) is 1. The second-order valence-corrected chi connectivity index (χ2v) is 4.07. The molecule has 2 aromatic rings. The van der Waals surface area contributed by atoms with Gasteiger partial charge in [-0.05, 0) is 27.6 Å². The molecule has 0 spiro atoms. The molecule has 0 aliphatic heterocycles. The Morgan fingerprint density at radius 1 is 1.19 bits per heavy atom. The number of benzene rings is 1. The summed E-state index contributed by atoms with van der Waals surface area (Å²) < 4.78 is 13.8. The third-order valence-electron chi connectivity index (χ3n) is 2.29. The maximum absolute atomic E-state index is 13.7. The van der Waals surface area contributed by atoms with E-state index in [4.69, 9.17) is 0 Å². The lowest BCUT2D eigenvalue weighted by molar-refractivity contribution is 0.214. The van der Waals surface area contributed by atoms with Crippen molar-refractivity contribution < 1.29 is 9.50 Å². The molecule has 82 valence electrons. The minimum absolute atomic E-state index is 0.111. The van der Waals surface area contributed by atoms with Gasteiger partial charge in [0.05, 0.1) is 0 Å². The Morgan fingerprint density at radius 2 is 1.88 bits per heavy atom. The fourth-order valence-corrected chi connectivity index (χ4v) is 1.81. The van der Waals surface area contributed by atoms with Crippen LogP contribution in [-0.2, 0) is 0 Å². The molecule has 4 heteroatoms. The fraction of sp³-hybridized carbons (Fsp3) is 0.0833. The van der Waals surface area contributed by atoms with Crippen LogP contribution in [0.2, 0.25) is 0 Å². The molecule has 1 aromatic carbocycles. The molecule has 0 radical (unpaired) electrons. The van der Waals surface area contributed by atoms with Crippen molar-refractivity contribution in [2.24, 2.45) is 0 Å². The zero-order valence-electron chi connectivity index (χ0n) is 8.27. The zero-order valence-corrected chi connectivity index (χ0v) is 9.86. The van der Waals surface area contributed by atoms with E-state index < -0.39 is 11.9 Å². The summed E-state index contributed by atoms with van der Waals surface area (Å²) in [7, 11) is 0. The Hall–Kier alpha value is -1.26. The predicted octanol–water partition coefficient (Wildman–Crippen LogP) is 3.06. The van der Waals surface area contributed by atoms with E-state index in [9.17, 15) is 9.50 Å². The van der Waals surface area contributed by atoms with Crippen LogP contribution in [0.15, 0.2) is 47.2 Å². The van der Waals surface area contributed by atoms with Gasteiger partial charge in [0.1, 0.15) is 10.7 Å². The summed E-state index contributed by atoms with van der Waals surface area (Å²) in [6.45, 7) is 0. The van der Waals surface area contributed by atoms with Crippen molar-refractivity contribution in [2.45, 2.75) is 6.10 Å². The van der Waals surface area contributed by atoms with Crippen LogP contribution in [0.3, 0.4) is 0 Å². The molecule has 0 saturated carbocycles. The van der Waals surface area contributed by atoms with Crippen LogP contribution in [0.5, 0.6) is 0 Å². The first-order valence-corrected chi connectivity index (χ1v) is 5.52. The molecule has 1 N–H and O–H groups in total. The van der Waals surface area contributed by atoms with E-state index in [1.807, 2.05) is 6.07 Å². The van der Waals surface area contributed by atoms with Crippen molar-refractivity contribution in [1.82, 2.24) is 4.98 Å². The van der Waals surface area contributed by atoms with Gasteiger partial charge in [0.2, 0.25) is 0 Å². The summed E-state index contributed by atoms with van der Waals surface area (Å²) in [4.78, 5) is 3.75. The van der Waals surface area contributed by atoms with Gasteiger partial charge in [-0.15, -0.1) is 0 Å². The highest BCUT2D eigenvalue weighted by atomic mass is 79.9. The van der Waals surface area contributed by atoms with Gasteiger partial charge in [0.25, 0.3) is 0 Å². The Balaban J connectivity index is 2.42. The summed E-state index contributed by atoms with van der Waals surface area (Å²) in [6.07, 6.45) is 0.481. The fourth-order valence-electron chi connectivity index (χ4n) is 1.46. The highest BCUT2D eigenvalue weighted by Crippen LogP contribution is 2.26. The number of aliphatic hydroxyl groups is 1. The van der Waals surface area contributed by atoms with Crippen molar-refractivity contribution in [3.05, 3.63) is 64.1 Å². The van der Waals surface area contributed by atoms with Crippen LogP contribution in [0, 0.1) is 5.82 Å². The third-order valence-corrected chi connectivity index (χ3v) is 2.84. The van der Waals surface area contributed by atoms with Crippen LogP contribution in [-0.4, -0.2) is 10.1 Å². The van der Waals surface area contributed by atoms with Crippen molar-refractivity contribution in [2.75, 3.05) is 0 Å². The number of aliphatic hydroxyl groups excluding tert-OH is 1. The van der Waals surface area contributed by atoms with Crippen LogP contribution in [0.4, 0.5) is 4.39 Å². The molecule has 1 unspecified atom stereocenters. The van der Waals surface area contributed by atoms with Crippen molar-refractivity contribution in [3.8, 4) is 0 Å². The zero-order chi connectivity index (χ0) is 11.5. The molecule has 0 amide bonds. The number of hydrogen-bond donors (Lipinski definition) is 1. The molecule has 0 aliphatic carbocycles. The maximum Gasteiger partial charge on any atom is 0.162 e. The number of rotatable bonds is 2. The molecule has 2 nitrogen and oxygen atoms in total. The van der Waals surface area contributed by atoms with Gasteiger partial charge in [0, 0.05) is 11.8 Å². The average Bonchev–Trinajstić information content (AvgIpc) is 2.33. The van der Waals surface area contributed by atoms with Gasteiger partial charge < -0.3 is 5.11 Å². The van der Waals surface area contributed by atoms with E-state index in [1.165, 1.54) is 12.3 Å². The molecule has 1 atom stereocenters. The van der Waals surface area contributed by atoms with E-state index in [1.54, 1.807) is 24.3 Å². The third kappa shape index (κ3) is 2.13. The van der Waals surface area contributed by atoms with Gasteiger partial charge in [0.15, 0.2) is 5.82 Å². The highest BCUT2D eigenvalue weighted by Gasteiger charge is 2.16. The molecular weight excluding hydrogens is 273 g/mol. The van der Waals surface area contributed by atoms with Crippen LogP contribution in [0.25, 0.3) is 0 Å². The summed E-state index contributed by atoms with van der Waals surface area (Å²) in [5, 5.41) is 10.0. The van der Waals surface area contributed by atoms with E-state index in [-0.39, 0.29) is 10.2 Å². The van der Waals surface area contributed by atoms with Crippen LogP contribution in [0.1, 0.15) is 17.2 Å². The second kappa shape index (κ2) is 4.72. The van der Waals surface area contributed by atoms with Gasteiger partial charge in [-0.2, -0.15) is 0 Å². The Bertz CT molecular complexity index is 490. The highest BCUT2D eigenvalue weighted by molar-refractivity contribution is 9.10. The summed E-state index contributed by atoms with van der Waals surface area (Å²) >= 11 is 2.99. The first kappa shape index (κ1) is 11.2. The van der Waals surface area contributed by atoms with Crippen LogP contribution >= 0.6 is 15.9 Å². The Labute approximate surface area is 101 Å². The van der Waals surface area contributed by atoms with Gasteiger partial charge in [-0.25, -0.2) is 9.37 Å². The molecule has 0 saturated heterocycles. The topological polar surface area (TPSA) is 33.1 Å². The van der Waals surface area contributed by atoms with Crippen molar-refractivity contribution in [1.29, 1.82) is 0 Å². The minimum Gasteiger partial charge on any atom is -0.384 e. The largest absolute Gasteiger partial charge is 0.384 e. The lowest BCUT2D eigenvalue weighted by atomic mass is 10.0. The monoisotopic (exact) mass is 281 g/mol. The molecule has 1 heterocycles. The molecule has 0 fully saturated rings. The molecule has 16 heavy (non-hydrogen) atoms. The van der Waals surface area contributed by atoms with Gasteiger partial charge >= 0.3 is 0 Å². The number of aromatic nitrogens is 1. The van der Waals surface area contributed by atoms with E-state index in [0.717, 1.165) is 0 Å². The summed E-state index contributed by atoms with van der Waals surface area (Å²) in [6, 6.07) is 10.4. The summed E-state index contributed by atoms with van der Waals surface area (Å²) in [5.41, 5.74) is 0.868. The molecule has 1 aromatic heterocycles. The standard InChI is InChI=1S/C12H9BrFNO/c13-12-10(14)9(6-7-15-12)11(16)8-4-2-1-3-5-8/h1-7,11,16H. The number of hydrogen-bond acceptors (Lipinski definition) is 2. The number of pyridine rings is 1. The van der Waals surface area contributed by atoms with E-state index in [0.29, 0.717) is 5.56 Å². The predicted molar refractivity (Wildman–Crippen MR) is 62.4 cm³/mol.